The number of nitrogens with one attached hydrogen (secondary N) is 1. The van der Waals surface area contributed by atoms with Crippen molar-refractivity contribution in [2.24, 2.45) is 0 Å². The van der Waals surface area contributed by atoms with Crippen LogP contribution in [0.1, 0.15) is 23.6 Å². The van der Waals surface area contributed by atoms with E-state index in [1.807, 2.05) is 65.4 Å². The van der Waals surface area contributed by atoms with Gasteiger partial charge in [0, 0.05) is 31.2 Å². The summed E-state index contributed by atoms with van der Waals surface area (Å²) in [6.07, 6.45) is 6.89. The number of carbonyl (C=O) groups is 2. The maximum Gasteiger partial charge on any atom is 0.270 e. The molecule has 0 aliphatic rings. The Morgan fingerprint density at radius 3 is 2.31 bits per heavy atom. The van der Waals surface area contributed by atoms with Crippen LogP contribution in [0.5, 0.6) is 0 Å². The fourth-order valence-corrected chi connectivity index (χ4v) is 5.10. The molecule has 2 amide bonds. The first-order valence-electron chi connectivity index (χ1n) is 12.6. The Kier molecular flexibility index (Phi) is 9.06. The van der Waals surface area contributed by atoms with Crippen molar-refractivity contribution in [3.05, 3.63) is 126 Å². The number of rotatable bonds is 11. The topological polar surface area (TPSA) is 101 Å². The van der Waals surface area contributed by atoms with Crippen LogP contribution in [-0.4, -0.2) is 42.1 Å². The van der Waals surface area contributed by atoms with Crippen LogP contribution >= 0.6 is 0 Å². The number of anilines is 1. The number of imidazole rings is 1. The van der Waals surface area contributed by atoms with E-state index in [1.54, 1.807) is 49.8 Å². The summed E-state index contributed by atoms with van der Waals surface area (Å²) in [5.74, 6) is -1.86. The highest BCUT2D eigenvalue weighted by atomic mass is 32.2. The number of aromatic nitrogens is 2. The van der Waals surface area contributed by atoms with Gasteiger partial charge in [-0.3, -0.25) is 9.59 Å². The molecule has 0 bridgehead atoms. The highest BCUT2D eigenvalue weighted by molar-refractivity contribution is 7.90. The third-order valence-corrected chi connectivity index (χ3v) is 7.28. The van der Waals surface area contributed by atoms with Crippen LogP contribution < -0.4 is 9.62 Å². The van der Waals surface area contributed by atoms with Gasteiger partial charge in [0.1, 0.15) is 5.57 Å². The molecule has 4 aromatic rings. The first-order chi connectivity index (χ1) is 18.8. The summed E-state index contributed by atoms with van der Waals surface area (Å²) in [6.45, 7) is 2.63. The number of hydrogen-bond donors (Lipinski definition) is 1. The summed E-state index contributed by atoms with van der Waals surface area (Å²) in [6, 6.07) is 25.4. The Morgan fingerprint density at radius 1 is 0.949 bits per heavy atom. The minimum atomic E-state index is -4.01. The summed E-state index contributed by atoms with van der Waals surface area (Å²) in [4.78, 5) is 32.6. The van der Waals surface area contributed by atoms with E-state index in [9.17, 15) is 18.0 Å². The molecule has 200 valence electrons. The van der Waals surface area contributed by atoms with Gasteiger partial charge >= 0.3 is 0 Å². The van der Waals surface area contributed by atoms with Crippen molar-refractivity contribution in [2.45, 2.75) is 19.9 Å². The quantitative estimate of drug-likeness (QED) is 0.175. The molecule has 8 nitrogen and oxygen atoms in total. The zero-order valence-corrected chi connectivity index (χ0v) is 22.4. The predicted octanol–water partition coefficient (Wildman–Crippen LogP) is 4.06. The molecular formula is C30H30N4O4S. The Labute approximate surface area is 228 Å². The van der Waals surface area contributed by atoms with Crippen molar-refractivity contribution in [1.29, 1.82) is 0 Å². The molecular weight excluding hydrogens is 512 g/mol. The fraction of sp³-hybridized carbons (Fsp3) is 0.167. The Balaban J connectivity index is 1.63. The molecule has 39 heavy (non-hydrogen) atoms. The Morgan fingerprint density at radius 2 is 1.64 bits per heavy atom. The van der Waals surface area contributed by atoms with E-state index in [0.29, 0.717) is 17.8 Å². The molecule has 0 fully saturated rings. The standard InChI is InChI=1S/C30H30N4O4S/c1-2-34(27-14-7-4-8-15-27)30(36)28(21-25-12-9-13-26(20-25)22-33-18-17-31-23-33)29(35)32-39(37,38)19-16-24-10-5-3-6-11-24/h3-15,17-18,20-21,23H,2,16,19,22H2,1H3,(H,32,35). The van der Waals surface area contributed by atoms with E-state index in [4.69, 9.17) is 0 Å². The molecule has 0 spiro atoms. The van der Waals surface area contributed by atoms with Gasteiger partial charge in [-0.15, -0.1) is 0 Å². The fourth-order valence-electron chi connectivity index (χ4n) is 4.10. The maximum atomic E-state index is 13.7. The van der Waals surface area contributed by atoms with Gasteiger partial charge in [-0.05, 0) is 54.3 Å². The first kappa shape index (κ1) is 27.5. The molecule has 0 saturated heterocycles. The predicted molar refractivity (Wildman–Crippen MR) is 152 cm³/mol. The van der Waals surface area contributed by atoms with Crippen molar-refractivity contribution in [3.63, 3.8) is 0 Å². The number of carbonyl (C=O) groups excluding carboxylic acids is 2. The van der Waals surface area contributed by atoms with Crippen molar-refractivity contribution in [1.82, 2.24) is 14.3 Å². The largest absolute Gasteiger partial charge is 0.333 e. The zero-order valence-electron chi connectivity index (χ0n) is 21.6. The van der Waals surface area contributed by atoms with Gasteiger partial charge in [0.15, 0.2) is 0 Å². The number of para-hydroxylation sites is 1. The number of benzene rings is 3. The number of amides is 2. The first-order valence-corrected chi connectivity index (χ1v) is 14.2. The van der Waals surface area contributed by atoms with Crippen LogP contribution in [0.15, 0.2) is 109 Å². The SMILES string of the molecule is CCN(C(=O)C(=Cc1cccc(Cn2ccnc2)c1)C(=O)NS(=O)(=O)CCc1ccccc1)c1ccccc1. The average Bonchev–Trinajstić information content (AvgIpc) is 3.45. The second-order valence-corrected chi connectivity index (χ2v) is 10.8. The smallest absolute Gasteiger partial charge is 0.270 e. The van der Waals surface area contributed by atoms with Crippen LogP contribution in [0.4, 0.5) is 5.69 Å². The van der Waals surface area contributed by atoms with E-state index >= 15 is 0 Å². The van der Waals surface area contributed by atoms with Crippen molar-refractivity contribution in [2.75, 3.05) is 17.2 Å². The molecule has 0 aliphatic carbocycles. The lowest BCUT2D eigenvalue weighted by atomic mass is 10.1. The minimum absolute atomic E-state index is 0.234. The molecule has 3 aromatic carbocycles. The number of likely N-dealkylation sites (N-methyl/N-ethyl adjacent to an activating group) is 1. The second kappa shape index (κ2) is 12.8. The molecule has 0 aliphatic heterocycles. The highest BCUT2D eigenvalue weighted by Crippen LogP contribution is 2.19. The third kappa shape index (κ3) is 7.75. The number of aryl methyl sites for hydroxylation is 1. The van der Waals surface area contributed by atoms with E-state index in [1.165, 1.54) is 11.0 Å². The van der Waals surface area contributed by atoms with E-state index in [-0.39, 0.29) is 24.3 Å². The zero-order chi connectivity index (χ0) is 27.7. The lowest BCUT2D eigenvalue weighted by Crippen LogP contribution is -2.41. The second-order valence-electron chi connectivity index (χ2n) is 8.91. The summed E-state index contributed by atoms with van der Waals surface area (Å²) in [7, 11) is -4.01. The molecule has 0 atom stereocenters. The molecule has 1 aromatic heterocycles. The van der Waals surface area contributed by atoms with Crippen molar-refractivity contribution < 1.29 is 18.0 Å². The molecule has 1 heterocycles. The summed E-state index contributed by atoms with van der Waals surface area (Å²) in [5, 5.41) is 0. The minimum Gasteiger partial charge on any atom is -0.333 e. The molecule has 0 unspecified atom stereocenters. The highest BCUT2D eigenvalue weighted by Gasteiger charge is 2.27. The molecule has 0 radical (unpaired) electrons. The van der Waals surface area contributed by atoms with Crippen LogP contribution in [0.3, 0.4) is 0 Å². The monoisotopic (exact) mass is 542 g/mol. The van der Waals surface area contributed by atoms with E-state index in [0.717, 1.165) is 11.1 Å². The van der Waals surface area contributed by atoms with E-state index in [2.05, 4.69) is 9.71 Å². The number of nitrogens with zero attached hydrogens (tertiary/aromatic N) is 3. The number of sulfonamides is 1. The Hall–Kier alpha value is -4.50. The van der Waals surface area contributed by atoms with Crippen LogP contribution in [-0.2, 0) is 32.6 Å². The summed E-state index contributed by atoms with van der Waals surface area (Å²) in [5.41, 5.74) is 2.68. The normalized spacial score (nSPS) is 11.7. The summed E-state index contributed by atoms with van der Waals surface area (Å²) < 4.78 is 29.7. The van der Waals surface area contributed by atoms with Gasteiger partial charge in [-0.25, -0.2) is 18.1 Å². The Bertz CT molecular complexity index is 1530. The molecule has 1 N–H and O–H groups in total. The summed E-state index contributed by atoms with van der Waals surface area (Å²) >= 11 is 0. The van der Waals surface area contributed by atoms with Gasteiger partial charge in [0.2, 0.25) is 10.0 Å². The van der Waals surface area contributed by atoms with Gasteiger partial charge in [-0.2, -0.15) is 0 Å². The van der Waals surface area contributed by atoms with Crippen molar-refractivity contribution in [3.8, 4) is 0 Å². The van der Waals surface area contributed by atoms with Gasteiger partial charge in [0.25, 0.3) is 11.8 Å². The molecule has 9 heteroatoms. The van der Waals surface area contributed by atoms with Gasteiger partial charge in [0.05, 0.1) is 12.1 Å². The lowest BCUT2D eigenvalue weighted by molar-refractivity contribution is -0.121. The maximum absolute atomic E-state index is 13.7. The van der Waals surface area contributed by atoms with E-state index < -0.39 is 21.8 Å². The van der Waals surface area contributed by atoms with Crippen LogP contribution in [0.2, 0.25) is 0 Å². The van der Waals surface area contributed by atoms with Gasteiger partial charge < -0.3 is 9.47 Å². The van der Waals surface area contributed by atoms with Crippen LogP contribution in [0, 0.1) is 0 Å². The van der Waals surface area contributed by atoms with Gasteiger partial charge in [-0.1, -0.05) is 66.7 Å². The molecule has 0 saturated carbocycles. The number of hydrogen-bond acceptors (Lipinski definition) is 5. The van der Waals surface area contributed by atoms with Crippen molar-refractivity contribution >= 4 is 33.6 Å². The lowest BCUT2D eigenvalue weighted by Gasteiger charge is -2.22. The third-order valence-electron chi connectivity index (χ3n) is 6.04. The average molecular weight is 543 g/mol. The molecule has 4 rings (SSSR count). The van der Waals surface area contributed by atoms with Crippen LogP contribution in [0.25, 0.3) is 6.08 Å².